The molecule has 0 radical (unpaired) electrons. The first-order valence-corrected chi connectivity index (χ1v) is 10.8. The zero-order valence-electron chi connectivity index (χ0n) is 17.8. The summed E-state index contributed by atoms with van der Waals surface area (Å²) in [6, 6.07) is 15.0. The van der Waals surface area contributed by atoms with E-state index in [4.69, 9.17) is 21.4 Å². The highest BCUT2D eigenvalue weighted by atomic mass is 32.1. The van der Waals surface area contributed by atoms with Gasteiger partial charge in [0.15, 0.2) is 5.11 Å². The van der Waals surface area contributed by atoms with Crippen LogP contribution in [0.25, 0.3) is 11.3 Å². The Morgan fingerprint density at radius 1 is 1.24 bits per heavy atom. The molecule has 1 fully saturated rings. The fourth-order valence-corrected chi connectivity index (χ4v) is 4.28. The number of benzene rings is 1. The van der Waals surface area contributed by atoms with Gasteiger partial charge in [-0.05, 0) is 49.0 Å². The van der Waals surface area contributed by atoms with Crippen molar-refractivity contribution in [3.05, 3.63) is 82.4 Å². The number of rotatable bonds is 8. The molecule has 3 aromatic rings. The van der Waals surface area contributed by atoms with Crippen molar-refractivity contribution in [2.75, 3.05) is 13.7 Å². The zero-order valence-corrected chi connectivity index (χ0v) is 18.7. The summed E-state index contributed by atoms with van der Waals surface area (Å²) < 4.78 is 10.9. The van der Waals surface area contributed by atoms with Gasteiger partial charge in [0, 0.05) is 25.2 Å². The van der Waals surface area contributed by atoms with Gasteiger partial charge in [0.1, 0.15) is 17.6 Å². The highest BCUT2D eigenvalue weighted by molar-refractivity contribution is 7.80. The molecule has 0 unspecified atom stereocenters. The summed E-state index contributed by atoms with van der Waals surface area (Å²) in [6.45, 7) is 0.496. The van der Waals surface area contributed by atoms with Crippen molar-refractivity contribution in [2.24, 2.45) is 0 Å². The lowest BCUT2D eigenvalue weighted by Crippen LogP contribution is -2.30. The second-order valence-corrected chi connectivity index (χ2v) is 7.86. The number of furan rings is 1. The smallest absolute Gasteiger partial charge is 0.305 e. The molecular weight excluding hydrogens is 444 g/mol. The van der Waals surface area contributed by atoms with Gasteiger partial charge >= 0.3 is 5.97 Å². The summed E-state index contributed by atoms with van der Waals surface area (Å²) in [5, 5.41) is 15.3. The van der Waals surface area contributed by atoms with Gasteiger partial charge in [-0.2, -0.15) is 0 Å². The summed E-state index contributed by atoms with van der Waals surface area (Å²) in [5.74, 6) is 0.691. The van der Waals surface area contributed by atoms with E-state index in [1.165, 1.54) is 13.2 Å². The number of thiocarbonyl (C=S) groups is 1. The molecule has 170 valence electrons. The monoisotopic (exact) mass is 466 g/mol. The zero-order chi connectivity index (χ0) is 23.4. The Balaban J connectivity index is 1.68. The van der Waals surface area contributed by atoms with Gasteiger partial charge in [0.05, 0.1) is 29.3 Å². The number of hydrogen-bond acceptors (Lipinski definition) is 7. The number of nitro groups is 1. The van der Waals surface area contributed by atoms with E-state index in [2.05, 4.69) is 10.3 Å². The normalized spacial score (nSPS) is 17.6. The molecule has 2 aromatic heterocycles. The molecule has 0 bridgehead atoms. The Morgan fingerprint density at radius 3 is 2.76 bits per heavy atom. The Kier molecular flexibility index (Phi) is 6.64. The standard InChI is InChI=1S/C23H22N4O5S/c1-31-20(28)10-6-14-26-22(21(25-23(26)33)16-8-4-5-13-24-16)19-12-11-18(32-19)15-7-2-3-9-17(15)27(29)30/h2-5,7-9,11-13,21-22H,6,10,14H2,1H3,(H,25,33)/t21-,22-/m0/s1. The lowest BCUT2D eigenvalue weighted by molar-refractivity contribution is -0.384. The van der Waals surface area contributed by atoms with Gasteiger partial charge in [-0.1, -0.05) is 18.2 Å². The third-order valence-electron chi connectivity index (χ3n) is 5.49. The van der Waals surface area contributed by atoms with Gasteiger partial charge in [-0.25, -0.2) is 0 Å². The van der Waals surface area contributed by atoms with Crippen LogP contribution in [0.3, 0.4) is 0 Å². The predicted molar refractivity (Wildman–Crippen MR) is 124 cm³/mol. The number of nitrogens with zero attached hydrogens (tertiary/aromatic N) is 3. The van der Waals surface area contributed by atoms with E-state index in [0.29, 0.717) is 35.2 Å². The van der Waals surface area contributed by atoms with Crippen LogP contribution in [0.5, 0.6) is 0 Å². The van der Waals surface area contributed by atoms with Crippen LogP contribution in [0.15, 0.2) is 65.2 Å². The van der Waals surface area contributed by atoms with Crippen molar-refractivity contribution in [3.63, 3.8) is 0 Å². The number of pyridine rings is 1. The lowest BCUT2D eigenvalue weighted by atomic mass is 10.0. The molecule has 33 heavy (non-hydrogen) atoms. The summed E-state index contributed by atoms with van der Waals surface area (Å²) in [6.07, 6.45) is 2.51. The molecule has 3 heterocycles. The van der Waals surface area contributed by atoms with E-state index >= 15 is 0 Å². The summed E-state index contributed by atoms with van der Waals surface area (Å²) in [4.78, 5) is 29.1. The minimum absolute atomic E-state index is 0.0327. The number of methoxy groups -OCH3 is 1. The van der Waals surface area contributed by atoms with E-state index in [1.54, 1.807) is 36.5 Å². The number of nitro benzene ring substituents is 1. The highest BCUT2D eigenvalue weighted by Gasteiger charge is 2.41. The van der Waals surface area contributed by atoms with E-state index in [1.807, 2.05) is 23.1 Å². The second-order valence-electron chi connectivity index (χ2n) is 7.48. The van der Waals surface area contributed by atoms with E-state index < -0.39 is 4.92 Å². The van der Waals surface area contributed by atoms with Crippen LogP contribution in [0.4, 0.5) is 5.69 Å². The van der Waals surface area contributed by atoms with Gasteiger partial charge in [-0.3, -0.25) is 19.9 Å². The Morgan fingerprint density at radius 2 is 2.03 bits per heavy atom. The van der Waals surface area contributed by atoms with E-state index in [0.717, 1.165) is 5.69 Å². The van der Waals surface area contributed by atoms with Crippen LogP contribution < -0.4 is 5.32 Å². The van der Waals surface area contributed by atoms with Crippen molar-refractivity contribution in [1.82, 2.24) is 15.2 Å². The van der Waals surface area contributed by atoms with Gasteiger partial charge in [0.25, 0.3) is 5.69 Å². The van der Waals surface area contributed by atoms with Crippen molar-refractivity contribution in [3.8, 4) is 11.3 Å². The minimum Gasteiger partial charge on any atom is -0.469 e. The first-order valence-electron chi connectivity index (χ1n) is 10.4. The van der Waals surface area contributed by atoms with E-state index in [-0.39, 0.29) is 30.2 Å². The molecule has 1 N–H and O–H groups in total. The summed E-state index contributed by atoms with van der Waals surface area (Å²) >= 11 is 5.60. The number of hydrogen-bond donors (Lipinski definition) is 1. The number of para-hydroxylation sites is 1. The molecule has 2 atom stereocenters. The van der Waals surface area contributed by atoms with Crippen molar-refractivity contribution < 1.29 is 18.9 Å². The molecule has 1 aliphatic heterocycles. The first-order chi connectivity index (χ1) is 16.0. The van der Waals surface area contributed by atoms with Gasteiger partial charge in [-0.15, -0.1) is 0 Å². The molecule has 0 saturated carbocycles. The van der Waals surface area contributed by atoms with Crippen LogP contribution in [-0.4, -0.2) is 39.5 Å². The maximum atomic E-state index is 11.6. The van der Waals surface area contributed by atoms with Gasteiger partial charge < -0.3 is 19.4 Å². The first kappa shape index (κ1) is 22.4. The molecule has 0 spiro atoms. The topological polar surface area (TPSA) is 111 Å². The molecule has 0 amide bonds. The van der Waals surface area contributed by atoms with Crippen molar-refractivity contribution >= 4 is 29.0 Å². The maximum Gasteiger partial charge on any atom is 0.305 e. The summed E-state index contributed by atoms with van der Waals surface area (Å²) in [5.41, 5.74) is 1.15. The molecule has 9 nitrogen and oxygen atoms in total. The van der Waals surface area contributed by atoms with E-state index in [9.17, 15) is 14.9 Å². The second kappa shape index (κ2) is 9.78. The molecule has 4 rings (SSSR count). The number of ether oxygens (including phenoxy) is 1. The fraction of sp³-hybridized carbons (Fsp3) is 0.261. The number of carbonyl (C=O) groups excluding carboxylic acids is 1. The van der Waals surface area contributed by atoms with Gasteiger partial charge in [0.2, 0.25) is 0 Å². The number of aromatic nitrogens is 1. The number of carbonyl (C=O) groups is 1. The van der Waals surface area contributed by atoms with Crippen LogP contribution in [-0.2, 0) is 9.53 Å². The van der Waals surface area contributed by atoms with Crippen LogP contribution in [0, 0.1) is 10.1 Å². The average molecular weight is 467 g/mol. The van der Waals surface area contributed by atoms with Crippen LogP contribution >= 0.6 is 12.2 Å². The number of esters is 1. The average Bonchev–Trinajstić information content (AvgIpc) is 3.44. The molecule has 1 saturated heterocycles. The molecular formula is C23H22N4O5S. The molecule has 0 aliphatic carbocycles. The maximum absolute atomic E-state index is 11.6. The van der Waals surface area contributed by atoms with Crippen LogP contribution in [0.2, 0.25) is 0 Å². The number of nitrogens with one attached hydrogen (secondary N) is 1. The Bertz CT molecular complexity index is 1170. The Hall–Kier alpha value is -3.79. The third kappa shape index (κ3) is 4.70. The third-order valence-corrected chi connectivity index (χ3v) is 5.84. The van der Waals surface area contributed by atoms with Crippen molar-refractivity contribution in [1.29, 1.82) is 0 Å². The highest BCUT2D eigenvalue weighted by Crippen LogP contribution is 2.41. The largest absolute Gasteiger partial charge is 0.469 e. The minimum atomic E-state index is -0.431. The summed E-state index contributed by atoms with van der Waals surface area (Å²) in [7, 11) is 1.36. The fourth-order valence-electron chi connectivity index (χ4n) is 3.95. The molecule has 1 aliphatic rings. The molecule has 10 heteroatoms. The molecule has 1 aromatic carbocycles. The van der Waals surface area contributed by atoms with Crippen molar-refractivity contribution in [2.45, 2.75) is 24.9 Å². The SMILES string of the molecule is COC(=O)CCCN1C(=S)N[C@@H](c2ccccn2)[C@@H]1c1ccc(-c2ccccc2[N+](=O)[O-])o1. The quantitative estimate of drug-likeness (QED) is 0.226. The van der Waals surface area contributed by atoms with Crippen LogP contribution in [0.1, 0.15) is 36.4 Å². The predicted octanol–water partition coefficient (Wildman–Crippen LogP) is 4.18. The lowest BCUT2D eigenvalue weighted by Gasteiger charge is -2.25. The Labute approximate surface area is 195 Å².